The van der Waals surface area contributed by atoms with Crippen LogP contribution in [0.15, 0.2) is 24.3 Å². The van der Waals surface area contributed by atoms with E-state index < -0.39 is 12.1 Å². The maximum absolute atomic E-state index is 12.1. The van der Waals surface area contributed by atoms with Gasteiger partial charge in [-0.1, -0.05) is 6.07 Å². The summed E-state index contributed by atoms with van der Waals surface area (Å²) in [5.74, 6) is -0.321. The van der Waals surface area contributed by atoms with Gasteiger partial charge in [0.1, 0.15) is 11.5 Å². The van der Waals surface area contributed by atoms with Crippen molar-refractivity contribution in [2.75, 3.05) is 5.32 Å². The largest absolute Gasteiger partial charge is 0.573 e. The van der Waals surface area contributed by atoms with Crippen LogP contribution < -0.4 is 15.8 Å². The van der Waals surface area contributed by atoms with Crippen molar-refractivity contribution in [3.63, 3.8) is 0 Å². The third kappa shape index (κ3) is 4.28. The second-order valence-electron chi connectivity index (χ2n) is 5.07. The lowest BCUT2D eigenvalue weighted by molar-refractivity contribution is -0.274. The highest BCUT2D eigenvalue weighted by molar-refractivity contribution is 5.49. The minimum Gasteiger partial charge on any atom is -0.406 e. The summed E-state index contributed by atoms with van der Waals surface area (Å²) in [6, 6.07) is 5.49. The smallest absolute Gasteiger partial charge is 0.406 e. The van der Waals surface area contributed by atoms with E-state index in [1.54, 1.807) is 6.07 Å². The van der Waals surface area contributed by atoms with Gasteiger partial charge in [-0.25, -0.2) is 0 Å². The fraction of sp³-hybridized carbons (Fsp3) is 0.538. The van der Waals surface area contributed by atoms with E-state index in [2.05, 4.69) is 10.1 Å². The van der Waals surface area contributed by atoms with Crippen LogP contribution in [0.1, 0.15) is 25.7 Å². The fourth-order valence-corrected chi connectivity index (χ4v) is 2.28. The minimum absolute atomic E-state index is 0.0666. The van der Waals surface area contributed by atoms with Crippen molar-refractivity contribution in [3.8, 4) is 5.75 Å². The number of hydrogen-bond donors (Lipinski definition) is 3. The number of rotatable bonds is 3. The molecule has 0 radical (unpaired) electrons. The van der Waals surface area contributed by atoms with Crippen molar-refractivity contribution in [1.82, 2.24) is 0 Å². The summed E-state index contributed by atoms with van der Waals surface area (Å²) >= 11 is 0. The third-order valence-corrected chi connectivity index (χ3v) is 3.30. The maximum Gasteiger partial charge on any atom is 0.573 e. The molecule has 2 rings (SSSR count). The number of hydrogen-bond acceptors (Lipinski definition) is 4. The molecule has 7 heteroatoms. The van der Waals surface area contributed by atoms with Crippen LogP contribution in [0.2, 0.25) is 0 Å². The number of nitrogens with two attached hydrogens (primary N) is 1. The Morgan fingerprint density at radius 2 is 1.95 bits per heavy atom. The Morgan fingerprint density at radius 3 is 2.55 bits per heavy atom. The van der Waals surface area contributed by atoms with E-state index in [0.29, 0.717) is 31.4 Å². The molecule has 0 aliphatic heterocycles. The first kappa shape index (κ1) is 14.9. The Labute approximate surface area is 114 Å². The molecule has 0 spiro atoms. The summed E-state index contributed by atoms with van der Waals surface area (Å²) in [5.41, 5.74) is 5.01. The van der Waals surface area contributed by atoms with Crippen molar-refractivity contribution in [3.05, 3.63) is 24.3 Å². The first-order valence-electron chi connectivity index (χ1n) is 6.38. The molecule has 0 bridgehead atoms. The zero-order valence-corrected chi connectivity index (χ0v) is 10.8. The number of nitrogens with one attached hydrogen (secondary N) is 1. The summed E-state index contributed by atoms with van der Waals surface area (Å²) in [5, 5.41) is 13.2. The molecule has 0 amide bonds. The molecular formula is C13H17F3N2O2. The molecule has 0 heterocycles. The van der Waals surface area contributed by atoms with Crippen LogP contribution in [0, 0.1) is 0 Å². The highest BCUT2D eigenvalue weighted by Gasteiger charge is 2.33. The zero-order valence-electron chi connectivity index (χ0n) is 10.8. The lowest BCUT2D eigenvalue weighted by atomic mass is 9.88. The van der Waals surface area contributed by atoms with Gasteiger partial charge in [0.15, 0.2) is 0 Å². The summed E-state index contributed by atoms with van der Waals surface area (Å²) in [7, 11) is 0. The quantitative estimate of drug-likeness (QED) is 0.749. The standard InChI is InChI=1S/C13H17F3N2O2/c14-13(15,16)20-11-3-1-2-10(8-11)18-12(19)6-4-9(17)5-7-12/h1-3,8-9,18-19H,4-7,17H2. The van der Waals surface area contributed by atoms with Crippen LogP contribution in [-0.4, -0.2) is 23.2 Å². The Kier molecular flexibility index (Phi) is 4.10. The molecule has 0 unspecified atom stereocenters. The molecular weight excluding hydrogens is 273 g/mol. The summed E-state index contributed by atoms with van der Waals surface area (Å²) in [6.45, 7) is 0. The lowest BCUT2D eigenvalue weighted by Crippen LogP contribution is -2.44. The highest BCUT2D eigenvalue weighted by Crippen LogP contribution is 2.31. The minimum atomic E-state index is -4.73. The van der Waals surface area contributed by atoms with Gasteiger partial charge in [-0.05, 0) is 37.8 Å². The molecule has 1 aromatic rings. The van der Waals surface area contributed by atoms with Crippen LogP contribution in [0.3, 0.4) is 0 Å². The summed E-state index contributed by atoms with van der Waals surface area (Å²) in [6.07, 6.45) is -2.48. The summed E-state index contributed by atoms with van der Waals surface area (Å²) in [4.78, 5) is 0. The van der Waals surface area contributed by atoms with E-state index >= 15 is 0 Å². The van der Waals surface area contributed by atoms with Crippen molar-refractivity contribution in [1.29, 1.82) is 0 Å². The number of anilines is 1. The topological polar surface area (TPSA) is 67.5 Å². The molecule has 1 fully saturated rings. The molecule has 1 aliphatic rings. The Bertz CT molecular complexity index is 457. The molecule has 0 saturated heterocycles. The Balaban J connectivity index is 2.04. The number of alkyl halides is 3. The molecule has 1 aromatic carbocycles. The average molecular weight is 290 g/mol. The maximum atomic E-state index is 12.1. The van der Waals surface area contributed by atoms with Crippen molar-refractivity contribution >= 4 is 5.69 Å². The number of halogens is 3. The van der Waals surface area contributed by atoms with Crippen molar-refractivity contribution < 1.29 is 23.0 Å². The molecule has 20 heavy (non-hydrogen) atoms. The van der Waals surface area contributed by atoms with E-state index in [1.165, 1.54) is 18.2 Å². The molecule has 4 N–H and O–H groups in total. The number of ether oxygens (including phenoxy) is 1. The Morgan fingerprint density at radius 1 is 1.30 bits per heavy atom. The monoisotopic (exact) mass is 290 g/mol. The highest BCUT2D eigenvalue weighted by atomic mass is 19.4. The van der Waals surface area contributed by atoms with E-state index in [1.807, 2.05) is 0 Å². The second-order valence-corrected chi connectivity index (χ2v) is 5.07. The van der Waals surface area contributed by atoms with Gasteiger partial charge in [0.25, 0.3) is 0 Å². The van der Waals surface area contributed by atoms with Gasteiger partial charge >= 0.3 is 6.36 Å². The van der Waals surface area contributed by atoms with E-state index in [4.69, 9.17) is 5.73 Å². The van der Waals surface area contributed by atoms with Crippen LogP contribution >= 0.6 is 0 Å². The Hall–Kier alpha value is -1.47. The molecule has 0 aromatic heterocycles. The SMILES string of the molecule is NC1CCC(O)(Nc2cccc(OC(F)(F)F)c2)CC1. The second kappa shape index (κ2) is 5.49. The molecule has 112 valence electrons. The predicted octanol–water partition coefficient (Wildman–Crippen LogP) is 2.59. The predicted molar refractivity (Wildman–Crippen MR) is 68.1 cm³/mol. The zero-order chi connectivity index (χ0) is 14.8. The first-order valence-corrected chi connectivity index (χ1v) is 6.38. The number of aliphatic hydroxyl groups is 1. The third-order valence-electron chi connectivity index (χ3n) is 3.30. The lowest BCUT2D eigenvalue weighted by Gasteiger charge is -2.36. The van der Waals surface area contributed by atoms with Crippen molar-refractivity contribution in [2.45, 2.75) is 43.8 Å². The van der Waals surface area contributed by atoms with Gasteiger partial charge in [0.2, 0.25) is 0 Å². The summed E-state index contributed by atoms with van der Waals surface area (Å²) < 4.78 is 40.3. The van der Waals surface area contributed by atoms with E-state index in [-0.39, 0.29) is 11.8 Å². The normalized spacial score (nSPS) is 27.1. The molecule has 0 atom stereocenters. The molecule has 4 nitrogen and oxygen atoms in total. The van der Waals surface area contributed by atoms with Gasteiger partial charge in [-0.3, -0.25) is 0 Å². The van der Waals surface area contributed by atoms with E-state index in [9.17, 15) is 18.3 Å². The van der Waals surface area contributed by atoms with Gasteiger partial charge < -0.3 is 20.9 Å². The number of benzene rings is 1. The van der Waals surface area contributed by atoms with E-state index in [0.717, 1.165) is 0 Å². The first-order chi connectivity index (χ1) is 9.26. The molecule has 1 aliphatic carbocycles. The van der Waals surface area contributed by atoms with Crippen molar-refractivity contribution in [2.24, 2.45) is 5.73 Å². The van der Waals surface area contributed by atoms with Crippen LogP contribution in [0.5, 0.6) is 5.75 Å². The van der Waals surface area contributed by atoms with Gasteiger partial charge in [-0.2, -0.15) is 0 Å². The van der Waals surface area contributed by atoms with Gasteiger partial charge in [0, 0.05) is 17.8 Å². The average Bonchev–Trinajstić information content (AvgIpc) is 2.31. The fourth-order valence-electron chi connectivity index (χ4n) is 2.28. The van der Waals surface area contributed by atoms with Gasteiger partial charge in [0.05, 0.1) is 0 Å². The van der Waals surface area contributed by atoms with Crippen LogP contribution in [0.4, 0.5) is 18.9 Å². The van der Waals surface area contributed by atoms with Gasteiger partial charge in [-0.15, -0.1) is 13.2 Å². The molecule has 1 saturated carbocycles. The van der Waals surface area contributed by atoms with Crippen LogP contribution in [0.25, 0.3) is 0 Å². The van der Waals surface area contributed by atoms with Crippen LogP contribution in [-0.2, 0) is 0 Å².